The van der Waals surface area contributed by atoms with E-state index in [0.717, 1.165) is 36.5 Å². The first-order chi connectivity index (χ1) is 14.7. The van der Waals surface area contributed by atoms with Crippen LogP contribution in [-0.2, 0) is 6.54 Å². The highest BCUT2D eigenvalue weighted by Crippen LogP contribution is 2.29. The van der Waals surface area contributed by atoms with Crippen LogP contribution in [0.5, 0.6) is 11.5 Å². The SMILES string of the molecule is CCOc1ccc(C(=O)N2CCN(Cc3nc4ccccc4[nH]3)CC2)cc1OCC. The van der Waals surface area contributed by atoms with Gasteiger partial charge in [0.25, 0.3) is 5.91 Å². The van der Waals surface area contributed by atoms with E-state index in [4.69, 9.17) is 9.47 Å². The van der Waals surface area contributed by atoms with Crippen LogP contribution in [0.25, 0.3) is 11.0 Å². The van der Waals surface area contributed by atoms with Crippen LogP contribution in [0, 0.1) is 0 Å². The Balaban J connectivity index is 1.37. The van der Waals surface area contributed by atoms with Crippen molar-refractivity contribution < 1.29 is 14.3 Å². The predicted molar refractivity (Wildman–Crippen MR) is 116 cm³/mol. The summed E-state index contributed by atoms with van der Waals surface area (Å²) in [6, 6.07) is 13.5. The van der Waals surface area contributed by atoms with Crippen LogP contribution in [0.1, 0.15) is 30.0 Å². The topological polar surface area (TPSA) is 70.7 Å². The normalized spacial score (nSPS) is 14.8. The monoisotopic (exact) mass is 408 g/mol. The maximum Gasteiger partial charge on any atom is 0.254 e. The summed E-state index contributed by atoms with van der Waals surface area (Å²) < 4.78 is 11.3. The zero-order valence-corrected chi connectivity index (χ0v) is 17.6. The number of piperazine rings is 1. The van der Waals surface area contributed by atoms with Gasteiger partial charge < -0.3 is 19.4 Å². The summed E-state index contributed by atoms with van der Waals surface area (Å²) in [6.45, 7) is 8.71. The summed E-state index contributed by atoms with van der Waals surface area (Å²) >= 11 is 0. The Labute approximate surface area is 176 Å². The number of rotatable bonds is 7. The van der Waals surface area contributed by atoms with Crippen molar-refractivity contribution in [1.29, 1.82) is 0 Å². The highest BCUT2D eigenvalue weighted by Gasteiger charge is 2.23. The average molecular weight is 409 g/mol. The molecule has 1 saturated heterocycles. The third kappa shape index (κ3) is 4.41. The van der Waals surface area contributed by atoms with Crippen molar-refractivity contribution >= 4 is 16.9 Å². The Kier molecular flexibility index (Phi) is 6.18. The molecule has 0 bridgehead atoms. The summed E-state index contributed by atoms with van der Waals surface area (Å²) in [7, 11) is 0. The molecule has 1 aliphatic heterocycles. The number of fused-ring (bicyclic) bond motifs is 1. The standard InChI is InChI=1S/C23H28N4O3/c1-3-29-20-10-9-17(15-21(20)30-4-2)23(28)27-13-11-26(12-14-27)16-22-24-18-7-5-6-8-19(18)25-22/h5-10,15H,3-4,11-14,16H2,1-2H3,(H,24,25). The molecule has 4 rings (SSSR count). The van der Waals surface area contributed by atoms with Gasteiger partial charge >= 0.3 is 0 Å². The first kappa shape index (κ1) is 20.2. The van der Waals surface area contributed by atoms with Crippen molar-refractivity contribution in [3.05, 3.63) is 53.9 Å². The van der Waals surface area contributed by atoms with E-state index < -0.39 is 0 Å². The lowest BCUT2D eigenvalue weighted by Crippen LogP contribution is -2.48. The van der Waals surface area contributed by atoms with Gasteiger partial charge in [0.2, 0.25) is 0 Å². The lowest BCUT2D eigenvalue weighted by Gasteiger charge is -2.34. The van der Waals surface area contributed by atoms with Crippen LogP contribution in [0.4, 0.5) is 0 Å². The van der Waals surface area contributed by atoms with Gasteiger partial charge in [-0.05, 0) is 44.2 Å². The van der Waals surface area contributed by atoms with E-state index in [1.54, 1.807) is 6.07 Å². The first-order valence-corrected chi connectivity index (χ1v) is 10.5. The van der Waals surface area contributed by atoms with E-state index >= 15 is 0 Å². The Bertz CT molecular complexity index is 976. The summed E-state index contributed by atoms with van der Waals surface area (Å²) in [6.07, 6.45) is 0. The summed E-state index contributed by atoms with van der Waals surface area (Å²) in [5, 5.41) is 0. The molecule has 158 valence electrons. The zero-order valence-electron chi connectivity index (χ0n) is 17.6. The molecule has 1 amide bonds. The maximum absolute atomic E-state index is 13.0. The number of H-pyrrole nitrogens is 1. The van der Waals surface area contributed by atoms with Gasteiger partial charge in [0, 0.05) is 31.7 Å². The highest BCUT2D eigenvalue weighted by atomic mass is 16.5. The molecule has 30 heavy (non-hydrogen) atoms. The molecule has 0 atom stereocenters. The van der Waals surface area contributed by atoms with E-state index in [2.05, 4.69) is 14.9 Å². The van der Waals surface area contributed by atoms with Crippen LogP contribution in [0.15, 0.2) is 42.5 Å². The average Bonchev–Trinajstić information content (AvgIpc) is 3.17. The van der Waals surface area contributed by atoms with E-state index in [1.165, 1.54) is 0 Å². The van der Waals surface area contributed by atoms with Crippen LogP contribution < -0.4 is 9.47 Å². The third-order valence-corrected chi connectivity index (χ3v) is 5.26. The van der Waals surface area contributed by atoms with E-state index in [1.807, 2.05) is 55.1 Å². The fourth-order valence-corrected chi connectivity index (χ4v) is 3.77. The molecule has 0 aliphatic carbocycles. The molecule has 0 radical (unpaired) electrons. The van der Waals surface area contributed by atoms with Crippen molar-refractivity contribution in [1.82, 2.24) is 19.8 Å². The fraction of sp³-hybridized carbons (Fsp3) is 0.391. The van der Waals surface area contributed by atoms with E-state index in [9.17, 15) is 4.79 Å². The fourth-order valence-electron chi connectivity index (χ4n) is 3.77. The number of hydrogen-bond acceptors (Lipinski definition) is 5. The van der Waals surface area contributed by atoms with Gasteiger partial charge in [-0.2, -0.15) is 0 Å². The molecule has 3 aromatic rings. The lowest BCUT2D eigenvalue weighted by molar-refractivity contribution is 0.0625. The molecule has 7 nitrogen and oxygen atoms in total. The van der Waals surface area contributed by atoms with Crippen LogP contribution in [-0.4, -0.2) is 65.1 Å². The molecular formula is C23H28N4O3. The van der Waals surface area contributed by atoms with Crippen molar-refractivity contribution in [2.45, 2.75) is 20.4 Å². The van der Waals surface area contributed by atoms with Gasteiger partial charge in [0.05, 0.1) is 30.8 Å². The van der Waals surface area contributed by atoms with Crippen molar-refractivity contribution in [3.63, 3.8) is 0 Å². The van der Waals surface area contributed by atoms with Gasteiger partial charge in [0.1, 0.15) is 5.82 Å². The lowest BCUT2D eigenvalue weighted by atomic mass is 10.1. The third-order valence-electron chi connectivity index (χ3n) is 5.26. The number of ether oxygens (including phenoxy) is 2. The second-order valence-corrected chi connectivity index (χ2v) is 7.30. The van der Waals surface area contributed by atoms with Crippen molar-refractivity contribution in [3.8, 4) is 11.5 Å². The number of nitrogens with zero attached hydrogens (tertiary/aromatic N) is 3. The number of benzene rings is 2. The molecule has 1 aromatic heterocycles. The predicted octanol–water partition coefficient (Wildman–Crippen LogP) is 3.32. The minimum Gasteiger partial charge on any atom is -0.490 e. The van der Waals surface area contributed by atoms with Gasteiger partial charge in [-0.25, -0.2) is 4.98 Å². The second kappa shape index (κ2) is 9.17. The molecular weight excluding hydrogens is 380 g/mol. The molecule has 1 fully saturated rings. The van der Waals surface area contributed by atoms with E-state index in [-0.39, 0.29) is 5.91 Å². The first-order valence-electron chi connectivity index (χ1n) is 10.5. The second-order valence-electron chi connectivity index (χ2n) is 7.30. The van der Waals surface area contributed by atoms with Gasteiger partial charge in [-0.1, -0.05) is 12.1 Å². The minimum absolute atomic E-state index is 0.0300. The van der Waals surface area contributed by atoms with Gasteiger partial charge in [-0.15, -0.1) is 0 Å². The number of carbonyl (C=O) groups is 1. The molecule has 0 spiro atoms. The molecule has 0 unspecified atom stereocenters. The molecule has 1 N–H and O–H groups in total. The van der Waals surface area contributed by atoms with Gasteiger partial charge in [-0.3, -0.25) is 9.69 Å². The smallest absolute Gasteiger partial charge is 0.254 e. The Hall–Kier alpha value is -3.06. The van der Waals surface area contributed by atoms with Gasteiger partial charge in [0.15, 0.2) is 11.5 Å². The zero-order chi connectivity index (χ0) is 20.9. The minimum atomic E-state index is 0.0300. The molecule has 2 aromatic carbocycles. The number of nitrogens with one attached hydrogen (secondary N) is 1. The van der Waals surface area contributed by atoms with Crippen LogP contribution in [0.2, 0.25) is 0 Å². The Morgan fingerprint density at radius 2 is 1.73 bits per heavy atom. The largest absolute Gasteiger partial charge is 0.490 e. The number of amides is 1. The molecule has 0 saturated carbocycles. The molecule has 1 aliphatic rings. The maximum atomic E-state index is 13.0. The van der Waals surface area contributed by atoms with E-state index in [0.29, 0.717) is 43.4 Å². The molecule has 7 heteroatoms. The summed E-state index contributed by atoms with van der Waals surface area (Å²) in [4.78, 5) is 25.3. The number of carbonyl (C=O) groups excluding carboxylic acids is 1. The quantitative estimate of drug-likeness (QED) is 0.649. The van der Waals surface area contributed by atoms with Crippen molar-refractivity contribution in [2.24, 2.45) is 0 Å². The highest BCUT2D eigenvalue weighted by molar-refractivity contribution is 5.95. The van der Waals surface area contributed by atoms with Crippen molar-refractivity contribution in [2.75, 3.05) is 39.4 Å². The molecule has 2 heterocycles. The number of aromatic nitrogens is 2. The number of aromatic amines is 1. The van der Waals surface area contributed by atoms with Crippen LogP contribution in [0.3, 0.4) is 0 Å². The number of para-hydroxylation sites is 2. The Morgan fingerprint density at radius 1 is 1.00 bits per heavy atom. The number of hydrogen-bond donors (Lipinski definition) is 1. The Morgan fingerprint density at radius 3 is 2.47 bits per heavy atom. The summed E-state index contributed by atoms with van der Waals surface area (Å²) in [5.41, 5.74) is 2.68. The summed E-state index contributed by atoms with van der Waals surface area (Å²) in [5.74, 6) is 2.28. The van der Waals surface area contributed by atoms with Crippen LogP contribution >= 0.6 is 0 Å². The number of imidazole rings is 1.